The highest BCUT2D eigenvalue weighted by Crippen LogP contribution is 2.22. The van der Waals surface area contributed by atoms with Crippen molar-refractivity contribution in [3.8, 4) is 0 Å². The van der Waals surface area contributed by atoms with Crippen molar-refractivity contribution in [3.63, 3.8) is 0 Å². The molecule has 0 saturated heterocycles. The molecular formula is C21H34IN5. The number of hydrogen-bond acceptors (Lipinski definition) is 2. The first-order valence-corrected chi connectivity index (χ1v) is 9.89. The Morgan fingerprint density at radius 2 is 1.96 bits per heavy atom. The van der Waals surface area contributed by atoms with Crippen molar-refractivity contribution in [3.05, 3.63) is 35.5 Å². The normalized spacial score (nSPS) is 15.3. The lowest BCUT2D eigenvalue weighted by Gasteiger charge is -2.24. The lowest BCUT2D eigenvalue weighted by molar-refractivity contribution is 0.249. The highest BCUT2D eigenvalue weighted by atomic mass is 127. The quantitative estimate of drug-likeness (QED) is 0.320. The van der Waals surface area contributed by atoms with Crippen molar-refractivity contribution in [2.75, 3.05) is 33.7 Å². The fraction of sp³-hybridized carbons (Fsp3) is 0.571. The van der Waals surface area contributed by atoms with Gasteiger partial charge in [0.2, 0.25) is 0 Å². The first-order chi connectivity index (χ1) is 12.7. The number of aryl methyl sites for hydroxylation is 1. The second kappa shape index (κ2) is 10.9. The van der Waals surface area contributed by atoms with Crippen molar-refractivity contribution in [2.45, 2.75) is 45.1 Å². The van der Waals surface area contributed by atoms with Crippen LogP contribution in [0, 0.1) is 6.92 Å². The molecule has 0 radical (unpaired) electrons. The Bertz CT molecular complexity index is 733. The van der Waals surface area contributed by atoms with E-state index >= 15 is 0 Å². The molecule has 0 bridgehead atoms. The summed E-state index contributed by atoms with van der Waals surface area (Å²) < 4.78 is 0. The maximum Gasteiger partial charge on any atom is 0.191 e. The molecule has 3 N–H and O–H groups in total. The lowest BCUT2D eigenvalue weighted by Crippen LogP contribution is -2.43. The van der Waals surface area contributed by atoms with Crippen LogP contribution < -0.4 is 10.6 Å². The minimum atomic E-state index is 0. The molecule has 0 unspecified atom stereocenters. The van der Waals surface area contributed by atoms with E-state index in [9.17, 15) is 0 Å². The van der Waals surface area contributed by atoms with E-state index < -0.39 is 0 Å². The Kier molecular flexibility index (Phi) is 8.89. The number of halogens is 1. The van der Waals surface area contributed by atoms with Gasteiger partial charge in [-0.1, -0.05) is 31.0 Å². The third kappa shape index (κ3) is 5.85. The number of benzene rings is 1. The van der Waals surface area contributed by atoms with Crippen molar-refractivity contribution in [1.82, 2.24) is 20.5 Å². The van der Waals surface area contributed by atoms with E-state index in [-0.39, 0.29) is 24.0 Å². The molecule has 1 saturated carbocycles. The fourth-order valence-corrected chi connectivity index (χ4v) is 3.99. The number of nitrogens with zero attached hydrogens (tertiary/aromatic N) is 2. The minimum Gasteiger partial charge on any atom is -0.361 e. The molecule has 6 heteroatoms. The van der Waals surface area contributed by atoms with E-state index in [1.165, 1.54) is 47.7 Å². The molecule has 1 aliphatic carbocycles. The van der Waals surface area contributed by atoms with Crippen LogP contribution in [-0.4, -0.2) is 55.6 Å². The van der Waals surface area contributed by atoms with Gasteiger partial charge in [-0.2, -0.15) is 0 Å². The molecule has 2 aromatic rings. The number of likely N-dealkylation sites (N-methyl/N-ethyl adjacent to an activating group) is 1. The summed E-state index contributed by atoms with van der Waals surface area (Å²) in [6, 6.07) is 7.25. The average molecular weight is 483 g/mol. The molecule has 1 fully saturated rings. The van der Waals surface area contributed by atoms with E-state index in [4.69, 9.17) is 0 Å². The molecule has 0 aliphatic heterocycles. The molecule has 1 aromatic heterocycles. The standard InChI is InChI=1S/C21H33N5.HI/c1-16-7-6-10-19-17(15-25-20(16)19)11-12-23-21(22-2)24-13-14-26(3)18-8-4-5-9-18;/h6-7,10,15,18,25H,4-5,8-9,11-14H2,1-3H3,(H2,22,23,24);1H. The van der Waals surface area contributed by atoms with Gasteiger partial charge in [0.25, 0.3) is 0 Å². The number of guanidine groups is 1. The first kappa shape index (κ1) is 22.0. The van der Waals surface area contributed by atoms with Crippen LogP contribution in [-0.2, 0) is 6.42 Å². The fourth-order valence-electron chi connectivity index (χ4n) is 3.99. The molecule has 1 aliphatic rings. The van der Waals surface area contributed by atoms with Gasteiger partial charge >= 0.3 is 0 Å². The number of fused-ring (bicyclic) bond motifs is 1. The third-order valence-corrected chi connectivity index (χ3v) is 5.62. The summed E-state index contributed by atoms with van der Waals surface area (Å²) in [5.41, 5.74) is 3.90. The van der Waals surface area contributed by atoms with Crippen LogP contribution in [0.15, 0.2) is 29.4 Å². The number of rotatable bonds is 7. The number of H-pyrrole nitrogens is 1. The van der Waals surface area contributed by atoms with Gasteiger partial charge < -0.3 is 20.5 Å². The first-order valence-electron chi connectivity index (χ1n) is 9.89. The van der Waals surface area contributed by atoms with E-state index in [0.717, 1.165) is 38.1 Å². The SMILES string of the molecule is CN=C(NCCc1c[nH]c2c(C)cccc12)NCCN(C)C1CCCC1.I. The number of hydrogen-bond donors (Lipinski definition) is 3. The topological polar surface area (TPSA) is 55.5 Å². The molecule has 27 heavy (non-hydrogen) atoms. The number of para-hydroxylation sites is 1. The van der Waals surface area contributed by atoms with E-state index in [0.29, 0.717) is 0 Å². The predicted molar refractivity (Wildman–Crippen MR) is 126 cm³/mol. The summed E-state index contributed by atoms with van der Waals surface area (Å²) in [6.07, 6.45) is 8.59. The Morgan fingerprint density at radius 1 is 1.22 bits per heavy atom. The maximum atomic E-state index is 4.35. The molecule has 0 spiro atoms. The molecule has 5 nitrogen and oxygen atoms in total. The van der Waals surface area contributed by atoms with Crippen LogP contribution in [0.1, 0.15) is 36.8 Å². The second-order valence-electron chi connectivity index (χ2n) is 7.41. The van der Waals surface area contributed by atoms with Crippen molar-refractivity contribution >= 4 is 40.8 Å². The smallest absolute Gasteiger partial charge is 0.191 e. The second-order valence-corrected chi connectivity index (χ2v) is 7.41. The van der Waals surface area contributed by atoms with Crippen molar-refractivity contribution in [2.24, 2.45) is 4.99 Å². The number of nitrogens with one attached hydrogen (secondary N) is 3. The van der Waals surface area contributed by atoms with Crippen molar-refractivity contribution < 1.29 is 0 Å². The third-order valence-electron chi connectivity index (χ3n) is 5.62. The minimum absolute atomic E-state index is 0. The monoisotopic (exact) mass is 483 g/mol. The molecule has 3 rings (SSSR count). The Hall–Kier alpha value is -1.28. The predicted octanol–water partition coefficient (Wildman–Crippen LogP) is 3.68. The lowest BCUT2D eigenvalue weighted by atomic mass is 10.1. The number of aromatic nitrogens is 1. The molecule has 1 aromatic carbocycles. The van der Waals surface area contributed by atoms with Gasteiger partial charge in [-0.3, -0.25) is 4.99 Å². The highest BCUT2D eigenvalue weighted by Gasteiger charge is 2.18. The Morgan fingerprint density at radius 3 is 2.70 bits per heavy atom. The Labute approximate surface area is 180 Å². The number of aromatic amines is 1. The summed E-state index contributed by atoms with van der Waals surface area (Å²) in [5, 5.41) is 8.20. The maximum absolute atomic E-state index is 4.35. The van der Waals surface area contributed by atoms with Gasteiger partial charge in [-0.25, -0.2) is 0 Å². The van der Waals surface area contributed by atoms with Crippen LogP contribution in [0.3, 0.4) is 0 Å². The van der Waals surface area contributed by atoms with Crippen LogP contribution in [0.2, 0.25) is 0 Å². The molecular weight excluding hydrogens is 449 g/mol. The summed E-state index contributed by atoms with van der Waals surface area (Å²) in [5.74, 6) is 0.890. The van der Waals surface area contributed by atoms with Gasteiger partial charge in [0.1, 0.15) is 0 Å². The zero-order valence-corrected chi connectivity index (χ0v) is 19.2. The largest absolute Gasteiger partial charge is 0.361 e. The van der Waals surface area contributed by atoms with Crippen molar-refractivity contribution in [1.29, 1.82) is 0 Å². The zero-order valence-electron chi connectivity index (χ0n) is 16.8. The van der Waals surface area contributed by atoms with Gasteiger partial charge in [0.05, 0.1) is 0 Å². The van der Waals surface area contributed by atoms with E-state index in [2.05, 4.69) is 63.9 Å². The molecule has 0 amide bonds. The summed E-state index contributed by atoms with van der Waals surface area (Å²) in [6.45, 7) is 5.01. The van der Waals surface area contributed by atoms with Gasteiger partial charge in [-0.15, -0.1) is 24.0 Å². The zero-order chi connectivity index (χ0) is 18.4. The average Bonchev–Trinajstić information content (AvgIpc) is 3.31. The molecule has 150 valence electrons. The van der Waals surface area contributed by atoms with Gasteiger partial charge in [0, 0.05) is 49.8 Å². The summed E-state index contributed by atoms with van der Waals surface area (Å²) in [4.78, 5) is 10.2. The summed E-state index contributed by atoms with van der Waals surface area (Å²) in [7, 11) is 4.08. The van der Waals surface area contributed by atoms with E-state index in [1.54, 1.807) is 0 Å². The highest BCUT2D eigenvalue weighted by molar-refractivity contribution is 14.0. The van der Waals surface area contributed by atoms with Crippen LogP contribution in [0.25, 0.3) is 10.9 Å². The van der Waals surface area contributed by atoms with Crippen LogP contribution >= 0.6 is 24.0 Å². The molecule has 0 atom stereocenters. The summed E-state index contributed by atoms with van der Waals surface area (Å²) >= 11 is 0. The number of aliphatic imine (C=N–C) groups is 1. The molecule has 1 heterocycles. The van der Waals surface area contributed by atoms with Crippen LogP contribution in [0.5, 0.6) is 0 Å². The van der Waals surface area contributed by atoms with E-state index in [1.807, 2.05) is 7.05 Å². The van der Waals surface area contributed by atoms with Crippen LogP contribution in [0.4, 0.5) is 0 Å². The van der Waals surface area contributed by atoms with Gasteiger partial charge in [0.15, 0.2) is 5.96 Å². The van der Waals surface area contributed by atoms with Gasteiger partial charge in [-0.05, 0) is 44.4 Å². The Balaban J connectivity index is 0.00000261.